The summed E-state index contributed by atoms with van der Waals surface area (Å²) in [6, 6.07) is 16.1. The summed E-state index contributed by atoms with van der Waals surface area (Å²) in [4.78, 5) is 8.51. The van der Waals surface area contributed by atoms with E-state index in [1.54, 1.807) is 12.4 Å². The molecular weight excluding hydrogens is 380 g/mol. The second-order valence-electron chi connectivity index (χ2n) is 4.25. The van der Waals surface area contributed by atoms with Crippen molar-refractivity contribution in [2.75, 3.05) is 0 Å². The number of hydrogen-bond acceptors (Lipinski definition) is 2. The second kappa shape index (κ2) is 5.85. The lowest BCUT2D eigenvalue weighted by Crippen LogP contribution is -1.87. The highest BCUT2D eigenvalue weighted by atomic mass is 79.9. The van der Waals surface area contributed by atoms with Gasteiger partial charge in [-0.1, -0.05) is 62.2 Å². The SMILES string of the molecule is Brc1cccc(Br)c1-c1ccc(-c2ncccn2)cc1. The fraction of sp³-hybridized carbons (Fsp3) is 0. The molecule has 0 saturated heterocycles. The summed E-state index contributed by atoms with van der Waals surface area (Å²) < 4.78 is 2.13. The van der Waals surface area contributed by atoms with Crippen molar-refractivity contribution < 1.29 is 0 Å². The average Bonchev–Trinajstić information content (AvgIpc) is 2.49. The first-order valence-corrected chi connectivity index (χ1v) is 7.66. The van der Waals surface area contributed by atoms with Crippen LogP contribution >= 0.6 is 31.9 Å². The quantitative estimate of drug-likeness (QED) is 0.591. The summed E-state index contributed by atoms with van der Waals surface area (Å²) in [6.45, 7) is 0. The summed E-state index contributed by atoms with van der Waals surface area (Å²) in [7, 11) is 0. The molecule has 20 heavy (non-hydrogen) atoms. The van der Waals surface area contributed by atoms with Gasteiger partial charge in [-0.3, -0.25) is 0 Å². The van der Waals surface area contributed by atoms with Gasteiger partial charge in [-0.2, -0.15) is 0 Å². The summed E-state index contributed by atoms with van der Waals surface area (Å²) >= 11 is 7.19. The smallest absolute Gasteiger partial charge is 0.159 e. The van der Waals surface area contributed by atoms with Gasteiger partial charge in [0.05, 0.1) is 0 Å². The maximum absolute atomic E-state index is 4.26. The van der Waals surface area contributed by atoms with Crippen molar-refractivity contribution in [1.29, 1.82) is 0 Å². The third-order valence-electron chi connectivity index (χ3n) is 2.96. The Morgan fingerprint density at radius 1 is 0.650 bits per heavy atom. The number of benzene rings is 2. The molecule has 0 unspecified atom stereocenters. The zero-order valence-electron chi connectivity index (χ0n) is 10.4. The zero-order valence-corrected chi connectivity index (χ0v) is 13.6. The minimum absolute atomic E-state index is 0.741. The fourth-order valence-corrected chi connectivity index (χ4v) is 3.46. The molecule has 0 saturated carbocycles. The number of rotatable bonds is 2. The Bertz CT molecular complexity index is 705. The standard InChI is InChI=1S/C16H10Br2N2/c17-13-3-1-4-14(18)15(13)11-5-7-12(8-6-11)16-19-9-2-10-20-16/h1-10H. The Hall–Kier alpha value is -1.52. The lowest BCUT2D eigenvalue weighted by atomic mass is 10.0. The van der Waals surface area contributed by atoms with E-state index in [0.717, 1.165) is 31.5 Å². The number of nitrogens with zero attached hydrogens (tertiary/aromatic N) is 2. The Morgan fingerprint density at radius 3 is 1.80 bits per heavy atom. The van der Waals surface area contributed by atoms with Crippen molar-refractivity contribution >= 4 is 31.9 Å². The first kappa shape index (κ1) is 13.5. The van der Waals surface area contributed by atoms with Crippen molar-refractivity contribution in [3.8, 4) is 22.5 Å². The number of halogens is 2. The first-order valence-electron chi connectivity index (χ1n) is 6.07. The van der Waals surface area contributed by atoms with Gasteiger partial charge in [-0.25, -0.2) is 9.97 Å². The summed E-state index contributed by atoms with van der Waals surface area (Å²) in [5, 5.41) is 0. The maximum Gasteiger partial charge on any atom is 0.159 e. The van der Waals surface area contributed by atoms with E-state index in [2.05, 4.69) is 54.0 Å². The van der Waals surface area contributed by atoms with Crippen molar-refractivity contribution in [2.24, 2.45) is 0 Å². The number of aromatic nitrogens is 2. The minimum atomic E-state index is 0.741. The Kier molecular flexibility index (Phi) is 3.94. The van der Waals surface area contributed by atoms with E-state index in [4.69, 9.17) is 0 Å². The second-order valence-corrected chi connectivity index (χ2v) is 5.96. The summed E-state index contributed by atoms with van der Waals surface area (Å²) in [5.74, 6) is 0.741. The van der Waals surface area contributed by atoms with Gasteiger partial charge in [0.1, 0.15) is 0 Å². The van der Waals surface area contributed by atoms with Gasteiger partial charge < -0.3 is 0 Å². The van der Waals surface area contributed by atoms with Crippen LogP contribution in [0.3, 0.4) is 0 Å². The molecule has 0 N–H and O–H groups in total. The molecule has 98 valence electrons. The molecule has 4 heteroatoms. The molecule has 0 bridgehead atoms. The van der Waals surface area contributed by atoms with Crippen LogP contribution in [0.5, 0.6) is 0 Å². The normalized spacial score (nSPS) is 10.5. The van der Waals surface area contributed by atoms with E-state index in [9.17, 15) is 0 Å². The predicted molar refractivity (Wildman–Crippen MR) is 88.3 cm³/mol. The van der Waals surface area contributed by atoms with E-state index >= 15 is 0 Å². The molecule has 0 spiro atoms. The van der Waals surface area contributed by atoms with Crippen LogP contribution in [0.25, 0.3) is 22.5 Å². The van der Waals surface area contributed by atoms with E-state index in [1.165, 1.54) is 0 Å². The first-order chi connectivity index (χ1) is 9.75. The largest absolute Gasteiger partial charge is 0.237 e. The molecule has 1 aromatic heterocycles. The highest BCUT2D eigenvalue weighted by molar-refractivity contribution is 9.11. The van der Waals surface area contributed by atoms with Gasteiger partial charge in [0.2, 0.25) is 0 Å². The molecule has 3 rings (SSSR count). The third-order valence-corrected chi connectivity index (χ3v) is 4.28. The average molecular weight is 390 g/mol. The maximum atomic E-state index is 4.26. The van der Waals surface area contributed by atoms with Crippen LogP contribution < -0.4 is 0 Å². The molecule has 0 amide bonds. The molecule has 0 atom stereocenters. The topological polar surface area (TPSA) is 25.8 Å². The monoisotopic (exact) mass is 388 g/mol. The van der Waals surface area contributed by atoms with Gasteiger partial charge in [0, 0.05) is 32.5 Å². The molecule has 0 fully saturated rings. The lowest BCUT2D eigenvalue weighted by Gasteiger charge is -2.08. The van der Waals surface area contributed by atoms with Crippen molar-refractivity contribution in [2.45, 2.75) is 0 Å². The highest BCUT2D eigenvalue weighted by Crippen LogP contribution is 2.35. The van der Waals surface area contributed by atoms with E-state index < -0.39 is 0 Å². The van der Waals surface area contributed by atoms with Crippen LogP contribution in [0.2, 0.25) is 0 Å². The summed E-state index contributed by atoms with van der Waals surface area (Å²) in [5.41, 5.74) is 3.30. The lowest BCUT2D eigenvalue weighted by molar-refractivity contribution is 1.18. The molecule has 2 aromatic carbocycles. The van der Waals surface area contributed by atoms with Crippen LogP contribution in [0.1, 0.15) is 0 Å². The Morgan fingerprint density at radius 2 is 1.20 bits per heavy atom. The molecular formula is C16H10Br2N2. The molecule has 0 aliphatic heterocycles. The Balaban J connectivity index is 2.02. The van der Waals surface area contributed by atoms with Crippen LogP contribution in [-0.4, -0.2) is 9.97 Å². The van der Waals surface area contributed by atoms with Gasteiger partial charge >= 0.3 is 0 Å². The van der Waals surface area contributed by atoms with E-state index in [1.807, 2.05) is 36.4 Å². The highest BCUT2D eigenvalue weighted by Gasteiger charge is 2.08. The predicted octanol–water partition coefficient (Wildman–Crippen LogP) is 5.34. The molecule has 2 nitrogen and oxygen atoms in total. The van der Waals surface area contributed by atoms with Gasteiger partial charge in [0.25, 0.3) is 0 Å². The fourth-order valence-electron chi connectivity index (χ4n) is 2.01. The van der Waals surface area contributed by atoms with Gasteiger partial charge in [-0.15, -0.1) is 0 Å². The number of hydrogen-bond donors (Lipinski definition) is 0. The molecule has 0 aliphatic rings. The molecule has 3 aromatic rings. The van der Waals surface area contributed by atoms with Crippen LogP contribution in [0.4, 0.5) is 0 Å². The molecule has 1 heterocycles. The van der Waals surface area contributed by atoms with Crippen LogP contribution in [0, 0.1) is 0 Å². The van der Waals surface area contributed by atoms with Crippen molar-refractivity contribution in [1.82, 2.24) is 9.97 Å². The summed E-state index contributed by atoms with van der Waals surface area (Å²) in [6.07, 6.45) is 3.50. The van der Waals surface area contributed by atoms with Crippen molar-refractivity contribution in [3.63, 3.8) is 0 Å². The third kappa shape index (κ3) is 2.67. The van der Waals surface area contributed by atoms with Gasteiger partial charge in [0.15, 0.2) is 5.82 Å². The zero-order chi connectivity index (χ0) is 13.9. The van der Waals surface area contributed by atoms with Gasteiger partial charge in [-0.05, 0) is 23.8 Å². The van der Waals surface area contributed by atoms with E-state index in [-0.39, 0.29) is 0 Å². The Labute approximate surface area is 134 Å². The van der Waals surface area contributed by atoms with Crippen molar-refractivity contribution in [3.05, 3.63) is 69.9 Å². The van der Waals surface area contributed by atoms with E-state index in [0.29, 0.717) is 0 Å². The molecule has 0 aliphatic carbocycles. The van der Waals surface area contributed by atoms with Crippen LogP contribution in [-0.2, 0) is 0 Å². The minimum Gasteiger partial charge on any atom is -0.237 e. The molecule has 0 radical (unpaired) electrons. The van der Waals surface area contributed by atoms with Crippen LogP contribution in [0.15, 0.2) is 69.9 Å².